The molecule has 6 heteroatoms. The number of likely N-dealkylation sites (tertiary alicyclic amines) is 1. The minimum absolute atomic E-state index is 0.112. The van der Waals surface area contributed by atoms with Crippen LogP contribution in [0, 0.1) is 6.92 Å². The van der Waals surface area contributed by atoms with Crippen LogP contribution in [0.1, 0.15) is 51.6 Å². The molecule has 104 valence electrons. The maximum absolute atomic E-state index is 12.2. The third kappa shape index (κ3) is 2.04. The standard InChI is InChI=1S/C14H15N3O2S/c1-8-4-11(20-7-8)14(18)17-5-10(6-17)13-15-12(16-19-13)9-2-3-9/h4,7,9-10H,2-3,5-6H2,1H3. The summed E-state index contributed by atoms with van der Waals surface area (Å²) in [4.78, 5) is 19.3. The molecule has 4 rings (SSSR count). The van der Waals surface area contributed by atoms with Crippen LogP contribution in [0.4, 0.5) is 0 Å². The zero-order valence-corrected chi connectivity index (χ0v) is 12.0. The van der Waals surface area contributed by atoms with Crippen LogP contribution >= 0.6 is 11.3 Å². The molecule has 0 unspecified atom stereocenters. The van der Waals surface area contributed by atoms with Gasteiger partial charge in [-0.3, -0.25) is 4.79 Å². The summed E-state index contributed by atoms with van der Waals surface area (Å²) in [7, 11) is 0. The van der Waals surface area contributed by atoms with Crippen molar-refractivity contribution in [3.05, 3.63) is 33.6 Å². The van der Waals surface area contributed by atoms with E-state index in [1.165, 1.54) is 24.2 Å². The summed E-state index contributed by atoms with van der Waals surface area (Å²) in [6, 6.07) is 1.94. The lowest BCUT2D eigenvalue weighted by molar-refractivity contribution is 0.0574. The fourth-order valence-electron chi connectivity index (χ4n) is 2.42. The van der Waals surface area contributed by atoms with Gasteiger partial charge in [0.05, 0.1) is 10.8 Å². The summed E-state index contributed by atoms with van der Waals surface area (Å²) in [6.45, 7) is 3.37. The van der Waals surface area contributed by atoms with Crippen molar-refractivity contribution in [1.82, 2.24) is 15.0 Å². The molecule has 2 fully saturated rings. The first-order valence-corrected chi connectivity index (χ1v) is 7.76. The zero-order chi connectivity index (χ0) is 13.7. The van der Waals surface area contributed by atoms with E-state index in [4.69, 9.17) is 4.52 Å². The molecular formula is C14H15N3O2S. The Balaban J connectivity index is 1.39. The lowest BCUT2D eigenvalue weighted by Crippen LogP contribution is -2.48. The average Bonchev–Trinajstić information content (AvgIpc) is 2.96. The lowest BCUT2D eigenvalue weighted by atomic mass is 10.00. The number of hydrogen-bond donors (Lipinski definition) is 0. The Bertz CT molecular complexity index is 653. The molecule has 0 radical (unpaired) electrons. The van der Waals surface area contributed by atoms with Crippen LogP contribution in [0.15, 0.2) is 16.0 Å². The van der Waals surface area contributed by atoms with Gasteiger partial charge in [0.2, 0.25) is 5.89 Å². The van der Waals surface area contributed by atoms with Gasteiger partial charge in [-0.25, -0.2) is 0 Å². The Labute approximate surface area is 120 Å². The Morgan fingerprint density at radius 1 is 1.40 bits per heavy atom. The average molecular weight is 289 g/mol. The molecule has 1 saturated heterocycles. The first kappa shape index (κ1) is 12.1. The smallest absolute Gasteiger partial charge is 0.263 e. The summed E-state index contributed by atoms with van der Waals surface area (Å²) in [6.07, 6.45) is 2.35. The molecule has 1 saturated carbocycles. The largest absolute Gasteiger partial charge is 0.339 e. The third-order valence-electron chi connectivity index (χ3n) is 3.86. The minimum Gasteiger partial charge on any atom is -0.339 e. The molecule has 0 atom stereocenters. The van der Waals surface area contributed by atoms with Crippen LogP contribution in [-0.2, 0) is 0 Å². The maximum atomic E-state index is 12.2. The van der Waals surface area contributed by atoms with Crippen molar-refractivity contribution in [2.75, 3.05) is 13.1 Å². The number of carbonyl (C=O) groups excluding carboxylic acids is 1. The molecular weight excluding hydrogens is 274 g/mol. The lowest BCUT2D eigenvalue weighted by Gasteiger charge is -2.36. The number of amides is 1. The molecule has 20 heavy (non-hydrogen) atoms. The van der Waals surface area contributed by atoms with Crippen molar-refractivity contribution in [2.24, 2.45) is 0 Å². The monoisotopic (exact) mass is 289 g/mol. The SMILES string of the molecule is Cc1csc(C(=O)N2CC(c3nc(C4CC4)no3)C2)c1. The molecule has 2 aromatic rings. The molecule has 1 aliphatic carbocycles. The summed E-state index contributed by atoms with van der Waals surface area (Å²) < 4.78 is 5.31. The Morgan fingerprint density at radius 2 is 2.20 bits per heavy atom. The van der Waals surface area contributed by atoms with Gasteiger partial charge in [-0.05, 0) is 36.8 Å². The quantitative estimate of drug-likeness (QED) is 0.871. The molecule has 3 heterocycles. The number of thiophene rings is 1. The molecule has 2 aliphatic rings. The topological polar surface area (TPSA) is 59.2 Å². The highest BCUT2D eigenvalue weighted by Gasteiger charge is 2.37. The Kier molecular flexibility index (Phi) is 2.66. The molecule has 2 aromatic heterocycles. The van der Waals surface area contributed by atoms with Crippen molar-refractivity contribution < 1.29 is 9.32 Å². The highest BCUT2D eigenvalue weighted by atomic mass is 32.1. The number of aromatic nitrogens is 2. The fourth-order valence-corrected chi connectivity index (χ4v) is 3.29. The first-order valence-electron chi connectivity index (χ1n) is 6.88. The van der Waals surface area contributed by atoms with Crippen LogP contribution < -0.4 is 0 Å². The van der Waals surface area contributed by atoms with Crippen molar-refractivity contribution in [1.29, 1.82) is 0 Å². The van der Waals surface area contributed by atoms with Crippen molar-refractivity contribution >= 4 is 17.2 Å². The number of carbonyl (C=O) groups is 1. The van der Waals surface area contributed by atoms with Crippen molar-refractivity contribution in [3.63, 3.8) is 0 Å². The van der Waals surface area contributed by atoms with Gasteiger partial charge in [0.1, 0.15) is 0 Å². The number of rotatable bonds is 3. The third-order valence-corrected chi connectivity index (χ3v) is 4.90. The van der Waals surface area contributed by atoms with Crippen molar-refractivity contribution in [3.8, 4) is 0 Å². The van der Waals surface area contributed by atoms with E-state index >= 15 is 0 Å². The first-order chi connectivity index (χ1) is 9.70. The molecule has 1 amide bonds. The molecule has 0 bridgehead atoms. The van der Waals surface area contributed by atoms with Gasteiger partial charge in [-0.15, -0.1) is 11.3 Å². The van der Waals surface area contributed by atoms with Gasteiger partial charge in [0.25, 0.3) is 5.91 Å². The summed E-state index contributed by atoms with van der Waals surface area (Å²) >= 11 is 1.51. The van der Waals surface area contributed by atoms with Crippen molar-refractivity contribution in [2.45, 2.75) is 31.6 Å². The van der Waals surface area contributed by atoms with E-state index < -0.39 is 0 Å². The van der Waals surface area contributed by atoms with E-state index in [0.29, 0.717) is 24.9 Å². The van der Waals surface area contributed by atoms with Crippen LogP contribution in [0.2, 0.25) is 0 Å². The van der Waals surface area contributed by atoms with Crippen LogP contribution in [0.25, 0.3) is 0 Å². The summed E-state index contributed by atoms with van der Waals surface area (Å²) in [5.41, 5.74) is 1.14. The number of nitrogens with zero attached hydrogens (tertiary/aromatic N) is 3. The van der Waals surface area contributed by atoms with E-state index in [-0.39, 0.29) is 11.8 Å². The van der Waals surface area contributed by atoms with E-state index in [0.717, 1.165) is 16.3 Å². The second-order valence-corrected chi connectivity index (χ2v) is 6.57. The van der Waals surface area contributed by atoms with Crippen LogP contribution in [0.3, 0.4) is 0 Å². The maximum Gasteiger partial charge on any atom is 0.263 e. The van der Waals surface area contributed by atoms with Crippen LogP contribution in [0.5, 0.6) is 0 Å². The van der Waals surface area contributed by atoms with E-state index in [2.05, 4.69) is 10.1 Å². The number of aryl methyl sites for hydroxylation is 1. The second kappa shape index (κ2) is 4.41. The van der Waals surface area contributed by atoms with Gasteiger partial charge in [0.15, 0.2) is 5.82 Å². The second-order valence-electron chi connectivity index (χ2n) is 5.66. The molecule has 0 aromatic carbocycles. The highest BCUT2D eigenvalue weighted by molar-refractivity contribution is 7.12. The molecule has 0 N–H and O–H groups in total. The Hall–Kier alpha value is -1.69. The zero-order valence-electron chi connectivity index (χ0n) is 11.2. The predicted molar refractivity (Wildman–Crippen MR) is 74.0 cm³/mol. The van der Waals surface area contributed by atoms with Gasteiger partial charge < -0.3 is 9.42 Å². The highest BCUT2D eigenvalue weighted by Crippen LogP contribution is 2.39. The molecule has 5 nitrogen and oxygen atoms in total. The summed E-state index contributed by atoms with van der Waals surface area (Å²) in [5, 5.41) is 6.03. The fraction of sp³-hybridized carbons (Fsp3) is 0.500. The molecule has 0 spiro atoms. The Morgan fingerprint density at radius 3 is 2.85 bits per heavy atom. The number of hydrogen-bond acceptors (Lipinski definition) is 5. The normalized spacial score (nSPS) is 19.1. The molecule has 1 aliphatic heterocycles. The predicted octanol–water partition coefficient (Wildman–Crippen LogP) is 2.56. The minimum atomic E-state index is 0.112. The van der Waals surface area contributed by atoms with Gasteiger partial charge in [0, 0.05) is 19.0 Å². The van der Waals surface area contributed by atoms with Crippen LogP contribution in [-0.4, -0.2) is 34.0 Å². The van der Waals surface area contributed by atoms with E-state index in [9.17, 15) is 4.79 Å². The van der Waals surface area contributed by atoms with Gasteiger partial charge in [-0.1, -0.05) is 5.16 Å². The van der Waals surface area contributed by atoms with Gasteiger partial charge >= 0.3 is 0 Å². The summed E-state index contributed by atoms with van der Waals surface area (Å²) in [5.74, 6) is 2.37. The van der Waals surface area contributed by atoms with E-state index in [1.807, 2.05) is 23.3 Å². The van der Waals surface area contributed by atoms with Gasteiger partial charge in [-0.2, -0.15) is 4.98 Å². The van der Waals surface area contributed by atoms with E-state index in [1.54, 1.807) is 0 Å².